The van der Waals surface area contributed by atoms with E-state index in [1.165, 1.54) is 24.8 Å². The molecule has 5 aromatic rings. The van der Waals surface area contributed by atoms with E-state index < -0.39 is 17.9 Å². The van der Waals surface area contributed by atoms with Crippen LogP contribution in [0.5, 0.6) is 5.75 Å². The summed E-state index contributed by atoms with van der Waals surface area (Å²) in [6.45, 7) is 0. The highest BCUT2D eigenvalue weighted by molar-refractivity contribution is 6.01. The number of H-pyrrole nitrogens is 1. The lowest BCUT2D eigenvalue weighted by Gasteiger charge is -2.25. The van der Waals surface area contributed by atoms with Crippen molar-refractivity contribution >= 4 is 33.8 Å². The van der Waals surface area contributed by atoms with E-state index in [1.807, 2.05) is 6.07 Å². The van der Waals surface area contributed by atoms with E-state index in [0.29, 0.717) is 39.1 Å². The van der Waals surface area contributed by atoms with Crippen LogP contribution in [0.2, 0.25) is 0 Å². The van der Waals surface area contributed by atoms with Crippen molar-refractivity contribution in [2.24, 2.45) is 0 Å². The highest BCUT2D eigenvalue weighted by atomic mass is 16.4. The minimum atomic E-state index is -1.32. The van der Waals surface area contributed by atoms with Crippen molar-refractivity contribution in [2.75, 3.05) is 0 Å². The van der Waals surface area contributed by atoms with Gasteiger partial charge in [0.2, 0.25) is 0 Å². The van der Waals surface area contributed by atoms with Crippen molar-refractivity contribution in [3.05, 3.63) is 72.3 Å². The van der Waals surface area contributed by atoms with Gasteiger partial charge < -0.3 is 25.1 Å². The average molecular weight is 511 g/mol. The van der Waals surface area contributed by atoms with Gasteiger partial charge >= 0.3 is 5.97 Å². The minimum Gasteiger partial charge on any atom is -0.508 e. The normalized spacial score (nSPS) is 15.1. The standard InChI is InChI=1S/C28H26N6O4/c35-18-7-8-21-19(13-18)20(14-31-21)25(28(37)38)33-27(36)16-6-9-24-22(12-16)32-26(23-15-29-10-11-30-23)34(24)17-4-2-1-3-5-17/h6-15,17,25,31,35H,1-5H2,(H,33,36)(H,37,38)/t25-/m0/s1. The fourth-order valence-electron chi connectivity index (χ4n) is 5.40. The molecule has 1 aliphatic rings. The lowest BCUT2D eigenvalue weighted by Crippen LogP contribution is -2.33. The summed E-state index contributed by atoms with van der Waals surface area (Å²) in [5.74, 6) is -1.04. The first-order valence-corrected chi connectivity index (χ1v) is 12.6. The van der Waals surface area contributed by atoms with Crippen LogP contribution in [0.25, 0.3) is 33.5 Å². The molecule has 1 saturated carbocycles. The Balaban J connectivity index is 1.37. The molecule has 192 valence electrons. The number of carbonyl (C=O) groups excluding carboxylic acids is 1. The maximum atomic E-state index is 13.3. The van der Waals surface area contributed by atoms with Crippen LogP contribution in [-0.2, 0) is 4.79 Å². The molecule has 0 bridgehead atoms. The molecule has 1 aliphatic carbocycles. The van der Waals surface area contributed by atoms with E-state index in [9.17, 15) is 19.8 Å². The van der Waals surface area contributed by atoms with Crippen molar-refractivity contribution < 1.29 is 19.8 Å². The van der Waals surface area contributed by atoms with E-state index in [-0.39, 0.29) is 11.8 Å². The monoisotopic (exact) mass is 510 g/mol. The maximum Gasteiger partial charge on any atom is 0.331 e. The molecule has 0 aliphatic heterocycles. The van der Waals surface area contributed by atoms with Crippen molar-refractivity contribution in [3.63, 3.8) is 0 Å². The first kappa shape index (κ1) is 23.7. The van der Waals surface area contributed by atoms with E-state index in [2.05, 4.69) is 24.8 Å². The van der Waals surface area contributed by atoms with Gasteiger partial charge in [0.05, 0.1) is 17.2 Å². The lowest BCUT2D eigenvalue weighted by molar-refractivity contribution is -0.139. The van der Waals surface area contributed by atoms with Gasteiger partial charge in [0.15, 0.2) is 11.9 Å². The molecule has 3 heterocycles. The summed E-state index contributed by atoms with van der Waals surface area (Å²) in [5.41, 5.74) is 3.50. The second kappa shape index (κ2) is 9.62. The van der Waals surface area contributed by atoms with Crippen molar-refractivity contribution in [2.45, 2.75) is 44.2 Å². The number of nitrogens with zero attached hydrogens (tertiary/aromatic N) is 4. The molecule has 38 heavy (non-hydrogen) atoms. The third-order valence-electron chi connectivity index (χ3n) is 7.21. The lowest BCUT2D eigenvalue weighted by atomic mass is 9.95. The number of amides is 1. The summed E-state index contributed by atoms with van der Waals surface area (Å²) in [4.78, 5) is 42.0. The Bertz CT molecular complexity index is 1650. The molecule has 4 N–H and O–H groups in total. The Hall–Kier alpha value is -4.73. The number of rotatable bonds is 6. The number of carboxylic acid groups (broad SMARTS) is 1. The molecule has 6 rings (SSSR count). The molecule has 2 aromatic carbocycles. The van der Waals surface area contributed by atoms with Gasteiger partial charge in [0.1, 0.15) is 11.4 Å². The predicted octanol–water partition coefficient (Wildman–Crippen LogP) is 4.74. The number of carbonyl (C=O) groups is 2. The number of carboxylic acids is 1. The number of hydrogen-bond acceptors (Lipinski definition) is 6. The molecule has 10 nitrogen and oxygen atoms in total. The zero-order chi connectivity index (χ0) is 26.2. The number of benzene rings is 2. The van der Waals surface area contributed by atoms with Gasteiger partial charge in [0.25, 0.3) is 5.91 Å². The number of hydrogen-bond donors (Lipinski definition) is 4. The molecular weight excluding hydrogens is 484 g/mol. The van der Waals surface area contributed by atoms with Crippen LogP contribution >= 0.6 is 0 Å². The largest absolute Gasteiger partial charge is 0.508 e. The molecule has 0 unspecified atom stereocenters. The maximum absolute atomic E-state index is 13.3. The van der Waals surface area contributed by atoms with Crippen LogP contribution < -0.4 is 5.32 Å². The Morgan fingerprint density at radius 3 is 2.68 bits per heavy atom. The number of fused-ring (bicyclic) bond motifs is 2. The number of phenols is 1. The van der Waals surface area contributed by atoms with Gasteiger partial charge in [-0.1, -0.05) is 19.3 Å². The van der Waals surface area contributed by atoms with E-state index in [0.717, 1.165) is 31.2 Å². The van der Waals surface area contributed by atoms with Crippen LogP contribution in [0.3, 0.4) is 0 Å². The van der Waals surface area contributed by atoms with Crippen LogP contribution in [0, 0.1) is 0 Å². The first-order chi connectivity index (χ1) is 18.5. The zero-order valence-electron chi connectivity index (χ0n) is 20.5. The van der Waals surface area contributed by atoms with Gasteiger partial charge in [-0.2, -0.15) is 0 Å². The quantitative estimate of drug-likeness (QED) is 0.258. The van der Waals surface area contributed by atoms with E-state index in [1.54, 1.807) is 36.8 Å². The molecule has 1 fully saturated rings. The highest BCUT2D eigenvalue weighted by Gasteiger charge is 2.27. The summed E-state index contributed by atoms with van der Waals surface area (Å²) in [5, 5.41) is 23.0. The van der Waals surface area contributed by atoms with Gasteiger partial charge in [0, 0.05) is 46.7 Å². The van der Waals surface area contributed by atoms with Gasteiger partial charge in [-0.3, -0.25) is 9.78 Å². The Morgan fingerprint density at radius 1 is 1.08 bits per heavy atom. The summed E-state index contributed by atoms with van der Waals surface area (Å²) < 4.78 is 2.21. The summed E-state index contributed by atoms with van der Waals surface area (Å²) in [6, 6.07) is 8.84. The highest BCUT2D eigenvalue weighted by Crippen LogP contribution is 2.35. The second-order valence-electron chi connectivity index (χ2n) is 9.61. The molecule has 0 saturated heterocycles. The number of phenolic OH excluding ortho intramolecular Hbond substituents is 1. The van der Waals surface area contributed by atoms with Crippen LogP contribution in [0.1, 0.15) is 60.1 Å². The third-order valence-corrected chi connectivity index (χ3v) is 7.21. The van der Waals surface area contributed by atoms with Gasteiger partial charge in [-0.25, -0.2) is 14.8 Å². The molecule has 3 aromatic heterocycles. The number of aliphatic carboxylic acids is 1. The van der Waals surface area contributed by atoms with Crippen molar-refractivity contribution in [1.29, 1.82) is 0 Å². The van der Waals surface area contributed by atoms with E-state index >= 15 is 0 Å². The minimum absolute atomic E-state index is 0.00623. The van der Waals surface area contributed by atoms with Gasteiger partial charge in [-0.15, -0.1) is 0 Å². The number of aromatic amines is 1. The number of imidazole rings is 1. The number of nitrogens with one attached hydrogen (secondary N) is 2. The predicted molar refractivity (Wildman–Crippen MR) is 141 cm³/mol. The van der Waals surface area contributed by atoms with Gasteiger partial charge in [-0.05, 0) is 49.2 Å². The summed E-state index contributed by atoms with van der Waals surface area (Å²) in [7, 11) is 0. The van der Waals surface area contributed by atoms with Crippen molar-refractivity contribution in [1.82, 2.24) is 29.8 Å². The second-order valence-corrected chi connectivity index (χ2v) is 9.61. The molecule has 1 amide bonds. The smallest absolute Gasteiger partial charge is 0.331 e. The average Bonchev–Trinajstić information content (AvgIpc) is 3.53. The van der Waals surface area contributed by atoms with E-state index in [4.69, 9.17) is 4.98 Å². The molecule has 10 heteroatoms. The Labute approximate surface area is 217 Å². The fourth-order valence-corrected chi connectivity index (χ4v) is 5.40. The Morgan fingerprint density at radius 2 is 1.92 bits per heavy atom. The van der Waals surface area contributed by atoms with Crippen LogP contribution in [0.15, 0.2) is 61.2 Å². The number of aromatic nitrogens is 5. The topological polar surface area (TPSA) is 146 Å². The van der Waals surface area contributed by atoms with Crippen LogP contribution in [0.4, 0.5) is 0 Å². The zero-order valence-corrected chi connectivity index (χ0v) is 20.5. The SMILES string of the molecule is O=C(N[C@H](C(=O)O)c1c[nH]c2ccc(O)cc12)c1ccc2c(c1)nc(-c1cnccn1)n2C1CCCCC1. The molecular formula is C28H26N6O4. The first-order valence-electron chi connectivity index (χ1n) is 12.6. The fraction of sp³-hybridized carbons (Fsp3) is 0.250. The number of aromatic hydroxyl groups is 1. The van der Waals surface area contributed by atoms with Crippen molar-refractivity contribution in [3.8, 4) is 17.3 Å². The molecule has 0 spiro atoms. The Kier molecular flexibility index (Phi) is 5.99. The third kappa shape index (κ3) is 4.23. The molecule has 0 radical (unpaired) electrons. The summed E-state index contributed by atoms with van der Waals surface area (Å²) in [6.07, 6.45) is 12.1. The molecule has 1 atom stereocenters. The van der Waals surface area contributed by atoms with Crippen LogP contribution in [-0.4, -0.2) is 46.6 Å². The summed E-state index contributed by atoms with van der Waals surface area (Å²) >= 11 is 0.